The average molecular weight is 364 g/mol. The molecular formula is C20H32N2O4. The number of benzene rings is 1. The first kappa shape index (κ1) is 20.5. The van der Waals surface area contributed by atoms with E-state index in [4.69, 9.17) is 19.9 Å². The molecule has 6 nitrogen and oxygen atoms in total. The van der Waals surface area contributed by atoms with Crippen molar-refractivity contribution in [3.63, 3.8) is 0 Å². The summed E-state index contributed by atoms with van der Waals surface area (Å²) in [5, 5.41) is 3.06. The molecule has 0 spiro atoms. The van der Waals surface area contributed by atoms with Crippen LogP contribution in [0.4, 0.5) is 0 Å². The van der Waals surface area contributed by atoms with E-state index in [9.17, 15) is 4.79 Å². The number of nitrogens with two attached hydrogens (primary N) is 1. The summed E-state index contributed by atoms with van der Waals surface area (Å²) >= 11 is 0. The molecule has 0 aromatic heterocycles. The monoisotopic (exact) mass is 364 g/mol. The van der Waals surface area contributed by atoms with Crippen LogP contribution < -0.4 is 20.5 Å². The van der Waals surface area contributed by atoms with E-state index in [0.717, 1.165) is 5.56 Å². The molecular weight excluding hydrogens is 332 g/mol. The van der Waals surface area contributed by atoms with Crippen molar-refractivity contribution in [2.24, 2.45) is 11.1 Å². The van der Waals surface area contributed by atoms with E-state index in [-0.39, 0.29) is 18.1 Å². The van der Waals surface area contributed by atoms with Gasteiger partial charge in [0.2, 0.25) is 5.91 Å². The van der Waals surface area contributed by atoms with Gasteiger partial charge in [0.1, 0.15) is 5.54 Å². The molecule has 1 aliphatic rings. The molecule has 1 saturated carbocycles. The van der Waals surface area contributed by atoms with Gasteiger partial charge in [-0.25, -0.2) is 0 Å². The van der Waals surface area contributed by atoms with Gasteiger partial charge in [-0.05, 0) is 38.0 Å². The number of carbonyl (C=O) groups excluding carboxylic acids is 1. The lowest BCUT2D eigenvalue weighted by molar-refractivity contribution is -0.171. The second kappa shape index (κ2) is 7.84. The lowest BCUT2D eigenvalue weighted by atomic mass is 9.54. The number of nitrogens with one attached hydrogen (secondary N) is 1. The predicted octanol–water partition coefficient (Wildman–Crippen LogP) is 2.28. The van der Waals surface area contributed by atoms with E-state index in [1.807, 2.05) is 45.9 Å². The third kappa shape index (κ3) is 3.67. The van der Waals surface area contributed by atoms with Crippen molar-refractivity contribution in [3.8, 4) is 11.5 Å². The second-order valence-electron chi connectivity index (χ2n) is 7.61. The Bertz CT molecular complexity index is 647. The fourth-order valence-corrected chi connectivity index (χ4v) is 3.59. The van der Waals surface area contributed by atoms with Crippen LogP contribution in [0.25, 0.3) is 0 Å². The van der Waals surface area contributed by atoms with Crippen LogP contribution >= 0.6 is 0 Å². The normalized spacial score (nSPS) is 25.1. The van der Waals surface area contributed by atoms with Crippen LogP contribution in [0.5, 0.6) is 11.5 Å². The second-order valence-corrected chi connectivity index (χ2v) is 7.61. The number of carbonyl (C=O) groups is 1. The quantitative estimate of drug-likeness (QED) is 0.739. The van der Waals surface area contributed by atoms with Crippen molar-refractivity contribution in [2.75, 3.05) is 20.8 Å². The molecule has 0 heterocycles. The fourth-order valence-electron chi connectivity index (χ4n) is 3.59. The van der Waals surface area contributed by atoms with Crippen molar-refractivity contribution in [2.45, 2.75) is 58.2 Å². The highest BCUT2D eigenvalue weighted by Gasteiger charge is 2.62. The van der Waals surface area contributed by atoms with Gasteiger partial charge < -0.3 is 25.3 Å². The number of rotatable bonds is 8. The minimum atomic E-state index is -0.904. The summed E-state index contributed by atoms with van der Waals surface area (Å²) < 4.78 is 16.3. The molecule has 26 heavy (non-hydrogen) atoms. The Labute approximate surface area is 156 Å². The number of methoxy groups -OCH3 is 2. The lowest BCUT2D eigenvalue weighted by Crippen LogP contribution is -2.76. The Balaban J connectivity index is 2.00. The zero-order valence-corrected chi connectivity index (χ0v) is 16.7. The standard InChI is InChI=1S/C20H32N2O4/c1-7-26-17-12-20(21,19(17,3)4)18(23)22-13(2)10-14-8-9-15(24-5)16(11-14)25-6/h8-9,11,13,17H,7,10,12,21H2,1-6H3,(H,22,23). The molecule has 6 heteroatoms. The summed E-state index contributed by atoms with van der Waals surface area (Å²) in [6, 6.07) is 5.72. The van der Waals surface area contributed by atoms with E-state index in [0.29, 0.717) is 30.9 Å². The predicted molar refractivity (Wildman–Crippen MR) is 102 cm³/mol. The van der Waals surface area contributed by atoms with Crippen LogP contribution in [0.3, 0.4) is 0 Å². The van der Waals surface area contributed by atoms with Gasteiger partial charge in [-0.2, -0.15) is 0 Å². The van der Waals surface area contributed by atoms with Crippen LogP contribution in [0.1, 0.15) is 39.7 Å². The van der Waals surface area contributed by atoms with Crippen LogP contribution in [0.15, 0.2) is 18.2 Å². The summed E-state index contributed by atoms with van der Waals surface area (Å²) in [7, 11) is 3.22. The molecule has 0 bridgehead atoms. The molecule has 1 fully saturated rings. The van der Waals surface area contributed by atoms with Gasteiger partial charge in [-0.3, -0.25) is 4.79 Å². The Morgan fingerprint density at radius 3 is 2.50 bits per heavy atom. The Morgan fingerprint density at radius 1 is 1.31 bits per heavy atom. The smallest absolute Gasteiger partial charge is 0.241 e. The highest BCUT2D eigenvalue weighted by molar-refractivity contribution is 5.89. The van der Waals surface area contributed by atoms with Gasteiger partial charge in [-0.1, -0.05) is 19.9 Å². The highest BCUT2D eigenvalue weighted by atomic mass is 16.5. The summed E-state index contributed by atoms with van der Waals surface area (Å²) in [5.41, 5.74) is 6.20. The summed E-state index contributed by atoms with van der Waals surface area (Å²) in [6.07, 6.45) is 1.24. The number of hydrogen-bond donors (Lipinski definition) is 2. The van der Waals surface area contributed by atoms with Gasteiger partial charge in [0.15, 0.2) is 11.5 Å². The minimum absolute atomic E-state index is 0.0180. The van der Waals surface area contributed by atoms with Crippen molar-refractivity contribution in [1.29, 1.82) is 0 Å². The summed E-state index contributed by atoms with van der Waals surface area (Å²) in [5.74, 6) is 1.25. The number of amides is 1. The summed E-state index contributed by atoms with van der Waals surface area (Å²) in [4.78, 5) is 12.8. The van der Waals surface area contributed by atoms with Gasteiger partial charge in [0, 0.05) is 24.5 Å². The highest BCUT2D eigenvalue weighted by Crippen LogP contribution is 2.49. The molecule has 0 aliphatic heterocycles. The van der Waals surface area contributed by atoms with Crippen LogP contribution in [0.2, 0.25) is 0 Å². The first-order valence-corrected chi connectivity index (χ1v) is 9.12. The summed E-state index contributed by atoms with van der Waals surface area (Å²) in [6.45, 7) is 8.55. The van der Waals surface area contributed by atoms with Crippen LogP contribution in [-0.4, -0.2) is 44.4 Å². The first-order valence-electron chi connectivity index (χ1n) is 9.12. The largest absolute Gasteiger partial charge is 0.493 e. The topological polar surface area (TPSA) is 82.8 Å². The maximum atomic E-state index is 12.8. The molecule has 3 N–H and O–H groups in total. The molecule has 3 atom stereocenters. The van der Waals surface area contributed by atoms with Crippen molar-refractivity contribution < 1.29 is 19.0 Å². The average Bonchev–Trinajstić information content (AvgIpc) is 2.60. The van der Waals surface area contributed by atoms with Crippen molar-refractivity contribution >= 4 is 5.91 Å². The molecule has 0 radical (unpaired) electrons. The van der Waals surface area contributed by atoms with Gasteiger partial charge in [-0.15, -0.1) is 0 Å². The van der Waals surface area contributed by atoms with Gasteiger partial charge in [0.05, 0.1) is 20.3 Å². The zero-order valence-electron chi connectivity index (χ0n) is 16.7. The Morgan fingerprint density at radius 2 is 1.96 bits per heavy atom. The number of hydrogen-bond acceptors (Lipinski definition) is 5. The van der Waals surface area contributed by atoms with Crippen LogP contribution in [0, 0.1) is 5.41 Å². The van der Waals surface area contributed by atoms with E-state index in [2.05, 4.69) is 5.32 Å². The molecule has 2 rings (SSSR count). The molecule has 3 unspecified atom stereocenters. The van der Waals surface area contributed by atoms with Crippen molar-refractivity contribution in [1.82, 2.24) is 5.32 Å². The zero-order chi connectivity index (χ0) is 19.5. The van der Waals surface area contributed by atoms with E-state index >= 15 is 0 Å². The minimum Gasteiger partial charge on any atom is -0.493 e. The molecule has 1 aliphatic carbocycles. The Hall–Kier alpha value is -1.79. The SMILES string of the molecule is CCOC1CC(N)(C(=O)NC(C)Cc2ccc(OC)c(OC)c2)C1(C)C. The maximum Gasteiger partial charge on any atom is 0.241 e. The molecule has 146 valence electrons. The molecule has 0 saturated heterocycles. The fraction of sp³-hybridized carbons (Fsp3) is 0.650. The van der Waals surface area contributed by atoms with Gasteiger partial charge >= 0.3 is 0 Å². The third-order valence-electron chi connectivity index (χ3n) is 5.60. The third-order valence-corrected chi connectivity index (χ3v) is 5.60. The molecule has 1 amide bonds. The van der Waals surface area contributed by atoms with E-state index < -0.39 is 11.0 Å². The maximum absolute atomic E-state index is 12.8. The molecule has 1 aromatic rings. The number of ether oxygens (including phenoxy) is 3. The van der Waals surface area contributed by atoms with Gasteiger partial charge in [0.25, 0.3) is 0 Å². The Kier molecular flexibility index (Phi) is 6.19. The first-order chi connectivity index (χ1) is 12.2. The lowest BCUT2D eigenvalue weighted by Gasteiger charge is -2.57. The van der Waals surface area contributed by atoms with E-state index in [1.54, 1.807) is 14.2 Å². The van der Waals surface area contributed by atoms with E-state index in [1.165, 1.54) is 0 Å². The van der Waals surface area contributed by atoms with Crippen LogP contribution in [-0.2, 0) is 16.0 Å². The molecule has 1 aromatic carbocycles. The van der Waals surface area contributed by atoms with Crippen molar-refractivity contribution in [3.05, 3.63) is 23.8 Å².